The van der Waals surface area contributed by atoms with Crippen LogP contribution < -0.4 is 0 Å². The first-order valence-electron chi connectivity index (χ1n) is 3.75. The molecule has 0 fully saturated rings. The van der Waals surface area contributed by atoms with Gasteiger partial charge in [-0.05, 0) is 6.92 Å². The molecule has 16 heavy (non-hydrogen) atoms. The van der Waals surface area contributed by atoms with Crippen LogP contribution in [0, 0.1) is 20.3 Å². The van der Waals surface area contributed by atoms with Crippen molar-refractivity contribution in [3.63, 3.8) is 0 Å². The van der Waals surface area contributed by atoms with Crippen molar-refractivity contribution >= 4 is 17.7 Å². The first kappa shape index (κ1) is 25.2. The summed E-state index contributed by atoms with van der Waals surface area (Å²) in [6.07, 6.45) is -0.390. The van der Waals surface area contributed by atoms with Gasteiger partial charge in [-0.2, -0.15) is 0 Å². The van der Waals surface area contributed by atoms with E-state index < -0.39 is 30.0 Å². The van der Waals surface area contributed by atoms with E-state index in [1.54, 1.807) is 6.92 Å². The van der Waals surface area contributed by atoms with Crippen LogP contribution in [0.15, 0.2) is 0 Å². The Labute approximate surface area is 135 Å². The number of carboxylic acids is 1. The second kappa shape index (κ2) is 13.3. The molecule has 0 aromatic rings. The van der Waals surface area contributed by atoms with Crippen LogP contribution in [-0.4, -0.2) is 29.4 Å². The maximum Gasteiger partial charge on any atom is 2.00 e. The summed E-state index contributed by atoms with van der Waals surface area (Å²) in [6, 6.07) is 0. The summed E-state index contributed by atoms with van der Waals surface area (Å²) in [5, 5.41) is 17.3. The molecule has 5 nitrogen and oxygen atoms in total. The van der Waals surface area contributed by atoms with Crippen LogP contribution in [0.3, 0.4) is 0 Å². The average Bonchev–Trinajstić information content (AvgIpc) is 1.99. The van der Waals surface area contributed by atoms with E-state index in [1.807, 2.05) is 0 Å². The molecule has 0 heterocycles. The van der Waals surface area contributed by atoms with E-state index in [4.69, 9.17) is 10.5 Å². The molecule has 0 aliphatic carbocycles. The van der Waals surface area contributed by atoms with Crippen molar-refractivity contribution in [3.05, 3.63) is 19.8 Å². The first-order chi connectivity index (χ1) is 5.99. The van der Waals surface area contributed by atoms with Crippen LogP contribution in [0.4, 0.5) is 0 Å². The summed E-state index contributed by atoms with van der Waals surface area (Å²) in [5.41, 5.74) is -0.541. The van der Waals surface area contributed by atoms with Crippen molar-refractivity contribution in [3.8, 4) is 0 Å². The normalized spacial score (nSPS) is 9.56. The zero-order chi connectivity index (χ0) is 10.4. The molecule has 0 aliphatic rings. The molecule has 0 bridgehead atoms. The number of esters is 1. The Morgan fingerprint density at radius 1 is 1.50 bits per heavy atom. The Morgan fingerprint density at radius 3 is 2.19 bits per heavy atom. The van der Waals surface area contributed by atoms with E-state index in [9.17, 15) is 9.59 Å². The maximum absolute atomic E-state index is 10.8. The first-order valence-corrected chi connectivity index (χ1v) is 3.75. The minimum atomic E-state index is -1.29. The zero-order valence-electron chi connectivity index (χ0n) is 9.30. The molecule has 0 aliphatic heterocycles. The van der Waals surface area contributed by atoms with Gasteiger partial charge in [-0.3, -0.25) is 9.59 Å². The second-order valence-corrected chi connectivity index (χ2v) is 2.39. The van der Waals surface area contributed by atoms with Gasteiger partial charge in [0, 0.05) is 38.6 Å². The number of ether oxygens (including phenoxy) is 1. The molecular formula is C9H14NO4WY-. The third kappa shape index (κ3) is 10.8. The van der Waals surface area contributed by atoms with Crippen molar-refractivity contribution < 1.29 is 73.2 Å². The van der Waals surface area contributed by atoms with Gasteiger partial charge in [0.1, 0.15) is 0 Å². The molecule has 0 amide bonds. The van der Waals surface area contributed by atoms with Gasteiger partial charge >= 0.3 is 33.0 Å². The summed E-state index contributed by atoms with van der Waals surface area (Å²) >= 11 is 0. The van der Waals surface area contributed by atoms with Crippen molar-refractivity contribution in [1.82, 2.24) is 0 Å². The number of hydrogen-bond donors (Lipinski definition) is 1. The third-order valence-electron chi connectivity index (χ3n) is 1.38. The SMILES string of the molecule is [CH2-]C(=[N-])C(CC(=O)OCC)C(=O)O.[CH3-].[W+2].[Y]. The fourth-order valence-electron chi connectivity index (χ4n) is 0.734. The van der Waals surface area contributed by atoms with E-state index in [0.29, 0.717) is 0 Å². The molecule has 89 valence electrons. The Kier molecular flexibility index (Phi) is 21.0. The van der Waals surface area contributed by atoms with Gasteiger partial charge in [0.15, 0.2) is 0 Å². The molecule has 0 rings (SSSR count). The molecule has 0 aromatic heterocycles. The minimum Gasteiger partial charge on any atom is -0.838 e. The third-order valence-corrected chi connectivity index (χ3v) is 1.38. The van der Waals surface area contributed by atoms with Crippen LogP contribution in [0.1, 0.15) is 13.3 Å². The van der Waals surface area contributed by atoms with Gasteiger partial charge in [-0.25, -0.2) is 0 Å². The second-order valence-electron chi connectivity index (χ2n) is 2.39. The fraction of sp³-hybridized carbons (Fsp3) is 0.444. The fourth-order valence-corrected chi connectivity index (χ4v) is 0.734. The zero-order valence-corrected chi connectivity index (χ0v) is 15.1. The molecular weight excluding hydrogens is 459 g/mol. The Hall–Kier alpha value is 0.272. The number of carbonyl (C=O) groups excluding carboxylic acids is 1. The Balaban J connectivity index is -0.000000240. The number of hydrogen-bond acceptors (Lipinski definition) is 3. The van der Waals surface area contributed by atoms with E-state index in [2.05, 4.69) is 11.7 Å². The molecule has 0 saturated heterocycles. The van der Waals surface area contributed by atoms with Crippen molar-refractivity contribution in [2.45, 2.75) is 13.3 Å². The smallest absolute Gasteiger partial charge is 0.838 e. The molecule has 7 heteroatoms. The largest absolute Gasteiger partial charge is 2.00 e. The standard InChI is InChI=1S/C8H11NO4.CH3.W.Y/c1-3-13-7(10)4-6(5(2)9)8(11)12;;;/h6H,2-4H2,1H3,(H,11,12);1H3;;/q-2;-1;+2;. The number of nitrogens with zero attached hydrogens (tertiary/aromatic N) is 1. The van der Waals surface area contributed by atoms with Crippen LogP contribution in [-0.2, 0) is 68.1 Å². The van der Waals surface area contributed by atoms with Gasteiger partial charge in [-0.15, -0.1) is 0 Å². The van der Waals surface area contributed by atoms with E-state index in [-0.39, 0.29) is 67.8 Å². The predicted octanol–water partition coefficient (Wildman–Crippen LogP) is 0.930. The molecule has 1 N–H and O–H groups in total. The van der Waals surface area contributed by atoms with Gasteiger partial charge in [0.2, 0.25) is 0 Å². The predicted molar refractivity (Wildman–Crippen MR) is 52.5 cm³/mol. The average molecular weight is 473 g/mol. The van der Waals surface area contributed by atoms with Crippen LogP contribution in [0.5, 0.6) is 0 Å². The van der Waals surface area contributed by atoms with Gasteiger partial charge in [-0.1, -0.05) is 0 Å². The van der Waals surface area contributed by atoms with Crippen LogP contribution in [0.2, 0.25) is 0 Å². The van der Waals surface area contributed by atoms with Crippen LogP contribution >= 0.6 is 0 Å². The quantitative estimate of drug-likeness (QED) is 0.366. The summed E-state index contributed by atoms with van der Waals surface area (Å²) in [6.45, 7) is 4.85. The Bertz CT molecular complexity index is 222. The van der Waals surface area contributed by atoms with Gasteiger partial charge in [0.05, 0.1) is 13.0 Å². The minimum absolute atomic E-state index is 0. The summed E-state index contributed by atoms with van der Waals surface area (Å²) in [4.78, 5) is 21.3. The molecule has 1 unspecified atom stereocenters. The van der Waals surface area contributed by atoms with Crippen molar-refractivity contribution in [2.75, 3.05) is 6.61 Å². The van der Waals surface area contributed by atoms with E-state index >= 15 is 0 Å². The number of rotatable bonds is 5. The number of aliphatic carboxylic acids is 1. The molecule has 1 radical (unpaired) electrons. The molecule has 0 spiro atoms. The van der Waals surface area contributed by atoms with Crippen molar-refractivity contribution in [1.29, 1.82) is 0 Å². The molecule has 1 atom stereocenters. The topological polar surface area (TPSA) is 85.9 Å². The van der Waals surface area contributed by atoms with Crippen LogP contribution in [0.25, 0.3) is 5.41 Å². The monoisotopic (exact) mass is 473 g/mol. The molecule has 0 aromatic carbocycles. The maximum atomic E-state index is 10.8. The molecule has 0 saturated carbocycles. The number of carbonyl (C=O) groups is 2. The van der Waals surface area contributed by atoms with Crippen molar-refractivity contribution in [2.24, 2.45) is 5.92 Å². The van der Waals surface area contributed by atoms with E-state index in [1.165, 1.54) is 0 Å². The summed E-state index contributed by atoms with van der Waals surface area (Å²) in [7, 11) is 0. The Morgan fingerprint density at radius 2 is 1.94 bits per heavy atom. The summed E-state index contributed by atoms with van der Waals surface area (Å²) in [5.74, 6) is -3.23. The van der Waals surface area contributed by atoms with E-state index in [0.717, 1.165) is 0 Å². The summed E-state index contributed by atoms with van der Waals surface area (Å²) < 4.78 is 4.52. The van der Waals surface area contributed by atoms with Gasteiger partial charge in [0.25, 0.3) is 0 Å². The number of carboxylic acid groups (broad SMARTS) is 1. The van der Waals surface area contributed by atoms with Gasteiger partial charge < -0.3 is 35.3 Å².